The molecule has 1 aliphatic rings. The van der Waals surface area contributed by atoms with Crippen LogP contribution in [0.3, 0.4) is 0 Å². The Bertz CT molecular complexity index is 758. The summed E-state index contributed by atoms with van der Waals surface area (Å²) < 4.78 is 26.9. The number of rotatable bonds is 3. The summed E-state index contributed by atoms with van der Waals surface area (Å²) in [6.45, 7) is 0.849. The van der Waals surface area contributed by atoms with Gasteiger partial charge in [-0.1, -0.05) is 6.07 Å². The minimum absolute atomic E-state index is 0.217. The van der Waals surface area contributed by atoms with Crippen LogP contribution < -0.4 is 5.32 Å². The van der Waals surface area contributed by atoms with Crippen LogP contribution in [0.2, 0.25) is 0 Å². The van der Waals surface area contributed by atoms with E-state index in [1.807, 2.05) is 0 Å². The molecule has 1 aromatic carbocycles. The highest BCUT2D eigenvalue weighted by Gasteiger charge is 2.36. The molecule has 21 heavy (non-hydrogen) atoms. The highest BCUT2D eigenvalue weighted by Crippen LogP contribution is 2.26. The molecule has 0 radical (unpaired) electrons. The van der Waals surface area contributed by atoms with Crippen LogP contribution in [0.25, 0.3) is 10.9 Å². The van der Waals surface area contributed by atoms with Gasteiger partial charge in [0.1, 0.15) is 0 Å². The number of hydrogen-bond donors (Lipinski definition) is 2. The van der Waals surface area contributed by atoms with E-state index < -0.39 is 22.2 Å². The molecule has 0 bridgehead atoms. The number of aromatic nitrogens is 1. The average molecular weight is 307 g/mol. The molecule has 2 aromatic rings. The zero-order valence-corrected chi connectivity index (χ0v) is 12.4. The van der Waals surface area contributed by atoms with Gasteiger partial charge in [-0.25, -0.2) is 8.42 Å². The molecule has 1 fully saturated rings. The second kappa shape index (κ2) is 5.34. The van der Waals surface area contributed by atoms with Crippen LogP contribution in [-0.2, 0) is 10.0 Å². The van der Waals surface area contributed by atoms with E-state index in [0.717, 1.165) is 0 Å². The van der Waals surface area contributed by atoms with Crippen LogP contribution in [-0.4, -0.2) is 55.1 Å². The third kappa shape index (κ3) is 2.42. The molecule has 3 rings (SSSR count). The van der Waals surface area contributed by atoms with Crippen molar-refractivity contribution in [2.75, 3.05) is 20.1 Å². The monoisotopic (exact) mass is 307 g/mol. The first-order chi connectivity index (χ1) is 10.0. The maximum absolute atomic E-state index is 12.8. The van der Waals surface area contributed by atoms with E-state index in [1.54, 1.807) is 36.5 Å². The van der Waals surface area contributed by atoms with E-state index in [9.17, 15) is 13.5 Å². The molecule has 112 valence electrons. The summed E-state index contributed by atoms with van der Waals surface area (Å²) in [5, 5.41) is 13.5. The largest absolute Gasteiger partial charge is 0.390 e. The quantitative estimate of drug-likeness (QED) is 0.846. The summed E-state index contributed by atoms with van der Waals surface area (Å²) in [5.41, 5.74) is 0.636. The Morgan fingerprint density at radius 3 is 2.81 bits per heavy atom. The van der Waals surface area contributed by atoms with Crippen molar-refractivity contribution in [1.29, 1.82) is 0 Å². The first kappa shape index (κ1) is 14.4. The van der Waals surface area contributed by atoms with Gasteiger partial charge in [0.25, 0.3) is 0 Å². The molecule has 2 N–H and O–H groups in total. The summed E-state index contributed by atoms with van der Waals surface area (Å²) in [7, 11) is -2.18. The fourth-order valence-corrected chi connectivity index (χ4v) is 4.24. The normalized spacial score (nSPS) is 23.0. The molecule has 2 atom stereocenters. The molecule has 1 aliphatic heterocycles. The zero-order valence-electron chi connectivity index (χ0n) is 11.6. The Kier molecular flexibility index (Phi) is 3.66. The number of nitrogens with one attached hydrogen (secondary N) is 1. The van der Waals surface area contributed by atoms with E-state index in [4.69, 9.17) is 0 Å². The van der Waals surface area contributed by atoms with Gasteiger partial charge in [0, 0.05) is 31.7 Å². The van der Waals surface area contributed by atoms with Gasteiger partial charge < -0.3 is 10.4 Å². The van der Waals surface area contributed by atoms with Gasteiger partial charge in [-0.05, 0) is 24.3 Å². The van der Waals surface area contributed by atoms with Crippen LogP contribution >= 0.6 is 0 Å². The fraction of sp³-hybridized carbons (Fsp3) is 0.357. The molecule has 0 aliphatic carbocycles. The first-order valence-electron chi connectivity index (χ1n) is 6.72. The minimum atomic E-state index is -3.69. The van der Waals surface area contributed by atoms with Crippen molar-refractivity contribution in [1.82, 2.24) is 14.6 Å². The van der Waals surface area contributed by atoms with Gasteiger partial charge >= 0.3 is 0 Å². The minimum Gasteiger partial charge on any atom is -0.390 e. The van der Waals surface area contributed by atoms with E-state index in [2.05, 4.69) is 10.3 Å². The number of β-amino-alcohol motifs (C(OH)–C–C–N with tert-alkyl or cyclic N) is 1. The van der Waals surface area contributed by atoms with Gasteiger partial charge in [0.05, 0.1) is 22.6 Å². The Morgan fingerprint density at radius 2 is 2.10 bits per heavy atom. The van der Waals surface area contributed by atoms with E-state index >= 15 is 0 Å². The number of aliphatic hydroxyl groups excluding tert-OH is 1. The SMILES string of the molecule is CN([C@@H]1CNC[C@H]1O)S(=O)(=O)c1cccc2ncccc12. The molecule has 0 amide bonds. The number of nitrogens with zero attached hydrogens (tertiary/aromatic N) is 2. The predicted molar refractivity (Wildman–Crippen MR) is 79.4 cm³/mol. The van der Waals surface area contributed by atoms with Crippen molar-refractivity contribution in [3.05, 3.63) is 36.5 Å². The number of pyridine rings is 1. The lowest BCUT2D eigenvalue weighted by Crippen LogP contribution is -2.44. The standard InChI is InChI=1S/C14H17N3O3S/c1-17(12-8-15-9-13(12)18)21(19,20)14-6-2-5-11-10(14)4-3-7-16-11/h2-7,12-13,15,18H,8-9H2,1H3/t12-,13-/m1/s1. The van der Waals surface area contributed by atoms with E-state index in [-0.39, 0.29) is 4.90 Å². The molecular formula is C14H17N3O3S. The van der Waals surface area contributed by atoms with Crippen molar-refractivity contribution in [3.8, 4) is 0 Å². The molecule has 1 saturated heterocycles. The predicted octanol–water partition coefficient (Wildman–Crippen LogP) is 0.188. The highest BCUT2D eigenvalue weighted by atomic mass is 32.2. The highest BCUT2D eigenvalue weighted by molar-refractivity contribution is 7.89. The summed E-state index contributed by atoms with van der Waals surface area (Å²) in [4.78, 5) is 4.40. The van der Waals surface area contributed by atoms with Crippen molar-refractivity contribution in [2.45, 2.75) is 17.0 Å². The molecule has 1 aromatic heterocycles. The van der Waals surface area contributed by atoms with Crippen molar-refractivity contribution >= 4 is 20.9 Å². The lowest BCUT2D eigenvalue weighted by molar-refractivity contribution is 0.136. The summed E-state index contributed by atoms with van der Waals surface area (Å²) >= 11 is 0. The van der Waals surface area contributed by atoms with E-state index in [1.165, 1.54) is 11.4 Å². The lowest BCUT2D eigenvalue weighted by atomic mass is 10.2. The van der Waals surface area contributed by atoms with Gasteiger partial charge in [0.15, 0.2) is 0 Å². The number of fused-ring (bicyclic) bond motifs is 1. The third-order valence-corrected chi connectivity index (χ3v) is 5.82. The van der Waals surface area contributed by atoms with Gasteiger partial charge in [-0.3, -0.25) is 4.98 Å². The lowest BCUT2D eigenvalue weighted by Gasteiger charge is -2.26. The number of likely N-dealkylation sites (N-methyl/N-ethyl adjacent to an activating group) is 1. The first-order valence-corrected chi connectivity index (χ1v) is 8.16. The maximum atomic E-state index is 12.8. The number of benzene rings is 1. The summed E-state index contributed by atoms with van der Waals surface area (Å²) in [6.07, 6.45) is 0.936. The Balaban J connectivity index is 2.08. The Labute approximate surface area is 123 Å². The number of aliphatic hydroxyl groups is 1. The second-order valence-electron chi connectivity index (χ2n) is 5.14. The van der Waals surface area contributed by atoms with Crippen LogP contribution in [0.1, 0.15) is 0 Å². The van der Waals surface area contributed by atoms with Crippen molar-refractivity contribution in [2.24, 2.45) is 0 Å². The van der Waals surface area contributed by atoms with Crippen molar-refractivity contribution in [3.63, 3.8) is 0 Å². The molecule has 0 spiro atoms. The molecule has 7 heteroatoms. The van der Waals surface area contributed by atoms with Gasteiger partial charge in [0.2, 0.25) is 10.0 Å². The maximum Gasteiger partial charge on any atom is 0.243 e. The Morgan fingerprint density at radius 1 is 1.29 bits per heavy atom. The van der Waals surface area contributed by atoms with Crippen LogP contribution in [0, 0.1) is 0 Å². The molecular weight excluding hydrogens is 290 g/mol. The molecule has 0 saturated carbocycles. The Hall–Kier alpha value is -1.54. The van der Waals surface area contributed by atoms with E-state index in [0.29, 0.717) is 24.0 Å². The molecule has 0 unspecified atom stereocenters. The average Bonchev–Trinajstić information content (AvgIpc) is 2.91. The topological polar surface area (TPSA) is 82.5 Å². The summed E-state index contributed by atoms with van der Waals surface area (Å²) in [5.74, 6) is 0. The number of hydrogen-bond acceptors (Lipinski definition) is 5. The fourth-order valence-electron chi connectivity index (χ4n) is 2.66. The molecule has 2 heterocycles. The van der Waals surface area contributed by atoms with Gasteiger partial charge in [-0.2, -0.15) is 4.31 Å². The smallest absolute Gasteiger partial charge is 0.243 e. The summed E-state index contributed by atoms with van der Waals surface area (Å²) in [6, 6.07) is 8.03. The second-order valence-corrected chi connectivity index (χ2v) is 7.11. The zero-order chi connectivity index (χ0) is 15.0. The van der Waals surface area contributed by atoms with Crippen LogP contribution in [0.4, 0.5) is 0 Å². The molecule has 6 nitrogen and oxygen atoms in total. The third-order valence-electron chi connectivity index (χ3n) is 3.88. The van der Waals surface area contributed by atoms with Crippen molar-refractivity contribution < 1.29 is 13.5 Å². The van der Waals surface area contributed by atoms with Gasteiger partial charge in [-0.15, -0.1) is 0 Å². The van der Waals surface area contributed by atoms with Crippen LogP contribution in [0.5, 0.6) is 0 Å². The number of sulfonamides is 1. The van der Waals surface area contributed by atoms with Crippen LogP contribution in [0.15, 0.2) is 41.4 Å².